The van der Waals surface area contributed by atoms with Crippen LogP contribution in [0.4, 0.5) is 0 Å². The molecule has 0 spiro atoms. The third kappa shape index (κ3) is 5.02. The summed E-state index contributed by atoms with van der Waals surface area (Å²) in [5.74, 6) is 0.318. The lowest BCUT2D eigenvalue weighted by Gasteiger charge is -2.37. The van der Waals surface area contributed by atoms with Gasteiger partial charge in [-0.15, -0.1) is 0 Å². The number of aryl methyl sites for hydroxylation is 1. The number of aromatic nitrogens is 1. The van der Waals surface area contributed by atoms with E-state index < -0.39 is 0 Å². The summed E-state index contributed by atoms with van der Waals surface area (Å²) in [4.78, 5) is 21.4. The molecule has 2 aliphatic rings. The van der Waals surface area contributed by atoms with Crippen molar-refractivity contribution in [2.45, 2.75) is 44.6 Å². The molecule has 1 unspecified atom stereocenters. The van der Waals surface area contributed by atoms with Crippen molar-refractivity contribution in [3.8, 4) is 0 Å². The molecule has 2 aliphatic heterocycles. The van der Waals surface area contributed by atoms with Gasteiger partial charge in [0.2, 0.25) is 5.91 Å². The lowest BCUT2D eigenvalue weighted by molar-refractivity contribution is -0.135. The first-order valence-electron chi connectivity index (χ1n) is 9.31. The normalized spacial score (nSPS) is 22.5. The maximum atomic E-state index is 12.7. The Kier molecular flexibility index (Phi) is 6.61. The monoisotopic (exact) mass is 331 g/mol. The van der Waals surface area contributed by atoms with Crippen LogP contribution in [-0.4, -0.2) is 66.1 Å². The standard InChI is InChI=1S/C19H29N3O2/c23-19(5-4-17-6-9-20-10-7-17)22-11-2-1-3-18(22)8-12-21-13-15-24-16-14-21/h6-7,9-10,18H,1-5,8,11-16H2. The molecule has 0 aliphatic carbocycles. The molecule has 0 aromatic carbocycles. The van der Waals surface area contributed by atoms with Gasteiger partial charge in [0.25, 0.3) is 0 Å². The van der Waals surface area contributed by atoms with Crippen LogP contribution < -0.4 is 0 Å². The van der Waals surface area contributed by atoms with Gasteiger partial charge >= 0.3 is 0 Å². The van der Waals surface area contributed by atoms with Crippen molar-refractivity contribution >= 4 is 5.91 Å². The Balaban J connectivity index is 1.48. The summed E-state index contributed by atoms with van der Waals surface area (Å²) in [7, 11) is 0. The van der Waals surface area contributed by atoms with Crippen molar-refractivity contribution in [2.24, 2.45) is 0 Å². The first-order chi connectivity index (χ1) is 11.8. The second-order valence-electron chi connectivity index (χ2n) is 6.83. The molecule has 2 saturated heterocycles. The number of amides is 1. The number of piperidine rings is 1. The number of hydrogen-bond donors (Lipinski definition) is 0. The van der Waals surface area contributed by atoms with Gasteiger partial charge in [-0.05, 0) is 49.8 Å². The van der Waals surface area contributed by atoms with Crippen LogP contribution in [0.3, 0.4) is 0 Å². The number of carbonyl (C=O) groups is 1. The number of nitrogens with zero attached hydrogens (tertiary/aromatic N) is 3. The van der Waals surface area contributed by atoms with Gasteiger partial charge in [0, 0.05) is 51.0 Å². The van der Waals surface area contributed by atoms with E-state index in [0.717, 1.165) is 65.1 Å². The molecule has 1 aromatic rings. The molecular weight excluding hydrogens is 302 g/mol. The summed E-state index contributed by atoms with van der Waals surface area (Å²) in [6.45, 7) is 5.77. The average molecular weight is 331 g/mol. The van der Waals surface area contributed by atoms with Crippen LogP contribution in [0.15, 0.2) is 24.5 Å². The highest BCUT2D eigenvalue weighted by Crippen LogP contribution is 2.21. The van der Waals surface area contributed by atoms with E-state index in [9.17, 15) is 4.79 Å². The van der Waals surface area contributed by atoms with Gasteiger partial charge in [-0.1, -0.05) is 0 Å². The summed E-state index contributed by atoms with van der Waals surface area (Å²) in [6, 6.07) is 4.42. The fraction of sp³-hybridized carbons (Fsp3) is 0.684. The molecule has 1 atom stereocenters. The molecule has 1 aromatic heterocycles. The van der Waals surface area contributed by atoms with E-state index in [0.29, 0.717) is 18.4 Å². The summed E-state index contributed by atoms with van der Waals surface area (Å²) in [6.07, 6.45) is 9.67. The minimum absolute atomic E-state index is 0.318. The van der Waals surface area contributed by atoms with E-state index >= 15 is 0 Å². The number of morpholine rings is 1. The molecule has 3 rings (SSSR count). The Labute approximate surface area is 145 Å². The van der Waals surface area contributed by atoms with E-state index in [-0.39, 0.29) is 0 Å². The van der Waals surface area contributed by atoms with Gasteiger partial charge in [-0.2, -0.15) is 0 Å². The lowest BCUT2D eigenvalue weighted by Crippen LogP contribution is -2.46. The molecule has 2 fully saturated rings. The van der Waals surface area contributed by atoms with Gasteiger partial charge < -0.3 is 9.64 Å². The second-order valence-corrected chi connectivity index (χ2v) is 6.83. The third-order valence-electron chi connectivity index (χ3n) is 5.21. The molecule has 0 saturated carbocycles. The fourth-order valence-corrected chi connectivity index (χ4v) is 3.73. The van der Waals surface area contributed by atoms with Crippen LogP contribution in [-0.2, 0) is 16.0 Å². The molecule has 24 heavy (non-hydrogen) atoms. The Morgan fingerprint density at radius 1 is 1.17 bits per heavy atom. The van der Waals surface area contributed by atoms with Crippen molar-refractivity contribution in [1.82, 2.24) is 14.8 Å². The summed E-state index contributed by atoms with van der Waals surface area (Å²) in [5.41, 5.74) is 1.19. The fourth-order valence-electron chi connectivity index (χ4n) is 3.73. The smallest absolute Gasteiger partial charge is 0.223 e. The third-order valence-corrected chi connectivity index (χ3v) is 5.21. The van der Waals surface area contributed by atoms with E-state index in [1.165, 1.54) is 12.0 Å². The number of pyridine rings is 1. The zero-order valence-electron chi connectivity index (χ0n) is 14.5. The van der Waals surface area contributed by atoms with Crippen molar-refractivity contribution in [3.63, 3.8) is 0 Å². The average Bonchev–Trinajstić information content (AvgIpc) is 2.66. The quantitative estimate of drug-likeness (QED) is 0.801. The van der Waals surface area contributed by atoms with Crippen molar-refractivity contribution in [2.75, 3.05) is 39.4 Å². The van der Waals surface area contributed by atoms with Crippen LogP contribution in [0.1, 0.15) is 37.7 Å². The van der Waals surface area contributed by atoms with Gasteiger partial charge in [0.1, 0.15) is 0 Å². The number of carbonyl (C=O) groups excluding carboxylic acids is 1. The maximum Gasteiger partial charge on any atom is 0.223 e. The van der Waals surface area contributed by atoms with Crippen LogP contribution in [0.5, 0.6) is 0 Å². The lowest BCUT2D eigenvalue weighted by atomic mass is 9.98. The van der Waals surface area contributed by atoms with Gasteiger partial charge in [0.05, 0.1) is 13.2 Å². The molecule has 0 radical (unpaired) electrons. The number of rotatable bonds is 6. The predicted octanol–water partition coefficient (Wildman–Crippen LogP) is 2.12. The predicted molar refractivity (Wildman–Crippen MR) is 93.8 cm³/mol. The molecule has 0 N–H and O–H groups in total. The molecule has 3 heterocycles. The largest absolute Gasteiger partial charge is 0.379 e. The van der Waals surface area contributed by atoms with Crippen molar-refractivity contribution in [3.05, 3.63) is 30.1 Å². The molecule has 5 nitrogen and oxygen atoms in total. The highest BCUT2D eigenvalue weighted by molar-refractivity contribution is 5.76. The number of hydrogen-bond acceptors (Lipinski definition) is 4. The number of ether oxygens (including phenoxy) is 1. The second kappa shape index (κ2) is 9.14. The van der Waals surface area contributed by atoms with Crippen molar-refractivity contribution < 1.29 is 9.53 Å². The SMILES string of the molecule is O=C(CCc1ccncc1)N1CCCCC1CCN1CCOCC1. The van der Waals surface area contributed by atoms with Gasteiger partial charge in [-0.25, -0.2) is 0 Å². The van der Waals surface area contributed by atoms with Crippen LogP contribution in [0, 0.1) is 0 Å². The maximum absolute atomic E-state index is 12.7. The first kappa shape index (κ1) is 17.4. The van der Waals surface area contributed by atoms with Crippen molar-refractivity contribution in [1.29, 1.82) is 0 Å². The minimum Gasteiger partial charge on any atom is -0.379 e. The van der Waals surface area contributed by atoms with Crippen LogP contribution in [0.25, 0.3) is 0 Å². The zero-order chi connectivity index (χ0) is 16.6. The van der Waals surface area contributed by atoms with Crippen LogP contribution in [0.2, 0.25) is 0 Å². The first-order valence-corrected chi connectivity index (χ1v) is 9.31. The minimum atomic E-state index is 0.318. The van der Waals surface area contributed by atoms with Crippen LogP contribution >= 0.6 is 0 Å². The number of likely N-dealkylation sites (tertiary alicyclic amines) is 1. The topological polar surface area (TPSA) is 45.7 Å². The van der Waals surface area contributed by atoms with Gasteiger partial charge in [0.15, 0.2) is 0 Å². The zero-order valence-corrected chi connectivity index (χ0v) is 14.5. The molecule has 132 valence electrons. The van der Waals surface area contributed by atoms with E-state index in [1.807, 2.05) is 12.1 Å². The summed E-state index contributed by atoms with van der Waals surface area (Å²) in [5, 5.41) is 0. The van der Waals surface area contributed by atoms with E-state index in [1.54, 1.807) is 12.4 Å². The Bertz CT molecular complexity index is 503. The molecule has 5 heteroatoms. The molecule has 0 bridgehead atoms. The summed E-state index contributed by atoms with van der Waals surface area (Å²) < 4.78 is 5.41. The summed E-state index contributed by atoms with van der Waals surface area (Å²) >= 11 is 0. The molecular formula is C19H29N3O2. The Morgan fingerprint density at radius 3 is 2.75 bits per heavy atom. The Morgan fingerprint density at radius 2 is 1.96 bits per heavy atom. The molecule has 1 amide bonds. The highest BCUT2D eigenvalue weighted by Gasteiger charge is 2.26. The van der Waals surface area contributed by atoms with E-state index in [4.69, 9.17) is 4.74 Å². The Hall–Kier alpha value is -1.46. The van der Waals surface area contributed by atoms with Gasteiger partial charge in [-0.3, -0.25) is 14.7 Å². The van der Waals surface area contributed by atoms with E-state index in [2.05, 4.69) is 14.8 Å². The highest BCUT2D eigenvalue weighted by atomic mass is 16.5.